The second-order valence-electron chi connectivity index (χ2n) is 13.8. The third-order valence-electron chi connectivity index (χ3n) is 8.30. The maximum atomic E-state index is 11.8. The van der Waals surface area contributed by atoms with Gasteiger partial charge in [-0.2, -0.15) is 0 Å². The van der Waals surface area contributed by atoms with Crippen molar-refractivity contribution in [2.24, 2.45) is 0 Å². The number of aliphatic hydroxyl groups excluding tert-OH is 2. The highest BCUT2D eigenvalue weighted by atomic mass is 35.5. The van der Waals surface area contributed by atoms with Crippen LogP contribution in [0.5, 0.6) is 23.0 Å². The van der Waals surface area contributed by atoms with Crippen molar-refractivity contribution in [3.05, 3.63) is 130 Å². The summed E-state index contributed by atoms with van der Waals surface area (Å²) in [5, 5.41) is 74.8. The van der Waals surface area contributed by atoms with Gasteiger partial charge in [0.25, 0.3) is 0 Å². The van der Waals surface area contributed by atoms with E-state index in [2.05, 4.69) is 0 Å². The zero-order chi connectivity index (χ0) is 48.5. The topological polar surface area (TPSA) is 287 Å². The van der Waals surface area contributed by atoms with Gasteiger partial charge in [0.15, 0.2) is 30.3 Å². The smallest absolute Gasteiger partial charge is 0.344 e. The molecule has 1 saturated carbocycles. The van der Waals surface area contributed by atoms with Crippen molar-refractivity contribution in [1.29, 1.82) is 0 Å². The molecule has 65 heavy (non-hydrogen) atoms. The lowest BCUT2D eigenvalue weighted by atomic mass is 9.79. The van der Waals surface area contributed by atoms with E-state index in [1.165, 1.54) is 24.3 Å². The predicted molar refractivity (Wildman–Crippen MR) is 237 cm³/mol. The molecule has 4 atom stereocenters. The second kappa shape index (κ2) is 28.2. The molecule has 0 spiro atoms. The van der Waals surface area contributed by atoms with Gasteiger partial charge in [0, 0.05) is 41.6 Å². The molecule has 1 aliphatic rings. The van der Waals surface area contributed by atoms with E-state index in [0.717, 1.165) is 17.7 Å². The second-order valence-corrected chi connectivity index (χ2v) is 14.7. The summed E-state index contributed by atoms with van der Waals surface area (Å²) in [4.78, 5) is 56.3. The number of aromatic hydroxyl groups is 2. The Morgan fingerprint density at radius 3 is 1.78 bits per heavy atom. The van der Waals surface area contributed by atoms with Crippen LogP contribution < -0.4 is 9.47 Å². The van der Waals surface area contributed by atoms with Gasteiger partial charge in [-0.15, -0.1) is 0 Å². The molecule has 0 aliphatic heterocycles. The summed E-state index contributed by atoms with van der Waals surface area (Å²) >= 11 is 11.3. The van der Waals surface area contributed by atoms with Crippen LogP contribution >= 0.6 is 23.2 Å². The fourth-order valence-corrected chi connectivity index (χ4v) is 5.25. The zero-order valence-electron chi connectivity index (χ0n) is 35.0. The van der Waals surface area contributed by atoms with Gasteiger partial charge in [0.2, 0.25) is 0 Å². The number of phenolic OH excluding ortho intramolecular Hbond substituents is 2. The van der Waals surface area contributed by atoms with Gasteiger partial charge in [-0.05, 0) is 98.0 Å². The van der Waals surface area contributed by atoms with E-state index in [0.29, 0.717) is 40.3 Å². The Bertz CT molecular complexity index is 2190. The summed E-state index contributed by atoms with van der Waals surface area (Å²) in [6.45, 7) is 0.652. The van der Waals surface area contributed by atoms with Gasteiger partial charge in [-0.1, -0.05) is 59.6 Å². The number of carboxylic acid groups (broad SMARTS) is 3. The van der Waals surface area contributed by atoms with Gasteiger partial charge in [0.05, 0.1) is 6.10 Å². The third-order valence-corrected chi connectivity index (χ3v) is 8.81. The first-order valence-electron chi connectivity index (χ1n) is 19.1. The minimum atomic E-state index is -2.31. The van der Waals surface area contributed by atoms with Crippen molar-refractivity contribution in [1.82, 2.24) is 4.90 Å². The monoisotopic (exact) mass is 945 g/mol. The van der Waals surface area contributed by atoms with Crippen LogP contribution in [0, 0.1) is 0 Å². The number of likely N-dealkylation sites (N-methyl/N-ethyl adjacent to an activating group) is 1. The Morgan fingerprint density at radius 2 is 1.28 bits per heavy atom. The number of aliphatic carboxylic acids is 3. The predicted octanol–water partition coefficient (Wildman–Crippen LogP) is 4.77. The summed E-state index contributed by atoms with van der Waals surface area (Å²) in [6, 6.07) is 26.5. The van der Waals surface area contributed by atoms with Gasteiger partial charge < -0.3 is 64.7 Å². The minimum Gasteiger partial charge on any atom is -0.504 e. The van der Waals surface area contributed by atoms with Gasteiger partial charge in [-0.3, -0.25) is 0 Å². The normalized spacial score (nSPS) is 17.5. The maximum Gasteiger partial charge on any atom is 0.344 e. The molecular weight excluding hydrogens is 897 g/mol. The van der Waals surface area contributed by atoms with Crippen LogP contribution in [0.3, 0.4) is 0 Å². The highest BCUT2D eigenvalue weighted by Crippen LogP contribution is 2.31. The molecule has 20 heteroatoms. The Hall–Kier alpha value is -6.67. The van der Waals surface area contributed by atoms with Crippen molar-refractivity contribution < 1.29 is 83.8 Å². The fraction of sp³-hybridized carbons (Fsp3) is 0.267. The van der Waals surface area contributed by atoms with Crippen molar-refractivity contribution in [2.45, 2.75) is 36.8 Å². The molecule has 0 heterocycles. The van der Waals surface area contributed by atoms with Crippen molar-refractivity contribution in [3.63, 3.8) is 0 Å². The first-order chi connectivity index (χ1) is 30.7. The first-order valence-corrected chi connectivity index (χ1v) is 19.9. The molecule has 1 aliphatic carbocycles. The van der Waals surface area contributed by atoms with Gasteiger partial charge >= 0.3 is 29.8 Å². The number of phenols is 2. The fourth-order valence-electron chi connectivity index (χ4n) is 5.00. The number of hydrogen-bond acceptors (Lipinski definition) is 15. The molecule has 1 fully saturated rings. The minimum absolute atomic E-state index is 0.0882. The average molecular weight is 947 g/mol. The van der Waals surface area contributed by atoms with E-state index in [1.807, 2.05) is 49.3 Å². The zero-order valence-corrected chi connectivity index (χ0v) is 36.5. The van der Waals surface area contributed by atoms with Crippen LogP contribution in [0.15, 0.2) is 109 Å². The summed E-state index contributed by atoms with van der Waals surface area (Å²) in [7, 11) is 3.83. The summed E-state index contributed by atoms with van der Waals surface area (Å²) in [6.07, 6.45) is -0.760. The largest absolute Gasteiger partial charge is 0.504 e. The summed E-state index contributed by atoms with van der Waals surface area (Å²) in [5.41, 5.74) is -1.04. The molecule has 0 radical (unpaired) electrons. The van der Waals surface area contributed by atoms with Gasteiger partial charge in [0.1, 0.15) is 30.3 Å². The average Bonchev–Trinajstić information content (AvgIpc) is 3.25. The number of benzene rings is 4. The Labute approximate surface area is 383 Å². The molecule has 0 bridgehead atoms. The first kappa shape index (κ1) is 54.5. The van der Waals surface area contributed by atoms with Crippen LogP contribution in [-0.4, -0.2) is 140 Å². The van der Waals surface area contributed by atoms with Crippen LogP contribution in [0.1, 0.15) is 24.0 Å². The molecule has 5 rings (SSSR count). The number of carbonyl (C=O) groups is 5. The van der Waals surface area contributed by atoms with Crippen LogP contribution in [0.2, 0.25) is 10.0 Å². The third kappa shape index (κ3) is 22.5. The van der Waals surface area contributed by atoms with Crippen LogP contribution in [-0.2, 0) is 33.4 Å². The van der Waals surface area contributed by atoms with Crippen molar-refractivity contribution in [2.75, 3.05) is 40.5 Å². The highest BCUT2D eigenvalue weighted by Gasteiger charge is 2.50. The number of ether oxygens (including phenoxy) is 4. The Balaban J connectivity index is 0.000000316. The Morgan fingerprint density at radius 1 is 0.723 bits per heavy atom. The molecule has 0 unspecified atom stereocenters. The number of hydrogen-bond donors (Lipinski definition) is 8. The van der Waals surface area contributed by atoms with E-state index >= 15 is 0 Å². The SMILES string of the molecule is CN(C)CCOC(=O)COc1ccc(Cl)cc1.O=C(/C=C/c1ccc(O)c(O)c1)O[C@@H]1C[C@](O)(C(=O)O)C[C@@H](O)[C@H]1O.O=C(O)/C=C/c1ccccc1.O=C(O)COc1ccc(Cl)cc1. The lowest BCUT2D eigenvalue weighted by molar-refractivity contribution is -0.196. The van der Waals surface area contributed by atoms with E-state index < -0.39 is 60.6 Å². The molecule has 0 saturated heterocycles. The van der Waals surface area contributed by atoms with Crippen LogP contribution in [0.25, 0.3) is 12.2 Å². The number of nitrogens with zero attached hydrogens (tertiary/aromatic N) is 1. The molecule has 8 N–H and O–H groups in total. The lowest BCUT2D eigenvalue weighted by Gasteiger charge is -2.39. The molecule has 18 nitrogen and oxygen atoms in total. The van der Waals surface area contributed by atoms with Crippen molar-refractivity contribution >= 4 is 65.2 Å². The van der Waals surface area contributed by atoms with E-state index in [4.69, 9.17) is 57.5 Å². The molecule has 350 valence electrons. The Kier molecular flexibility index (Phi) is 23.6. The lowest BCUT2D eigenvalue weighted by Crippen LogP contribution is -2.57. The number of aliphatic hydroxyl groups is 3. The molecule has 4 aromatic rings. The maximum absolute atomic E-state index is 11.8. The van der Waals surface area contributed by atoms with E-state index in [1.54, 1.807) is 54.6 Å². The number of carboxylic acids is 3. The summed E-state index contributed by atoms with van der Waals surface area (Å²) in [5.74, 6) is -4.44. The van der Waals surface area contributed by atoms with E-state index in [-0.39, 0.29) is 30.7 Å². The van der Waals surface area contributed by atoms with E-state index in [9.17, 15) is 49.5 Å². The van der Waals surface area contributed by atoms with Gasteiger partial charge in [-0.25, -0.2) is 24.0 Å². The van der Waals surface area contributed by atoms with Crippen LogP contribution in [0.4, 0.5) is 0 Å². The quantitative estimate of drug-likeness (QED) is 0.0453. The number of carbonyl (C=O) groups excluding carboxylic acids is 2. The number of esters is 2. The number of rotatable bonds is 15. The molecule has 0 amide bonds. The molecular formula is C45H49Cl2NO17. The molecule has 0 aromatic heterocycles. The standard InChI is InChI=1S/C16H18O9.C12H16ClNO3.C9H8O2.C8H7ClO3/c17-9-3-1-8(5-10(9)18)2-4-13(20)25-12-7-16(24,15(22)23)6-11(19)14(12)21;1-14(2)7-8-16-12(15)9-17-11-5-3-10(13)4-6-11;10-9(11)7-6-8-4-2-1-3-5-8;9-6-1-3-7(4-2-6)12-5-8(10)11/h1-5,11-12,14,17-19,21,24H,6-7H2,(H,22,23);3-6H,7-9H2,1-2H3;1-7H,(H,10,11);1-4H,5H2,(H,10,11)/b4-2+;;7-6+;/t11-,12-,14-,16+;;;/m1.../s1. The number of halogens is 2. The van der Waals surface area contributed by atoms with Crippen molar-refractivity contribution in [3.8, 4) is 23.0 Å². The molecule has 4 aromatic carbocycles. The summed E-state index contributed by atoms with van der Waals surface area (Å²) < 4.78 is 20.0. The highest BCUT2D eigenvalue weighted by molar-refractivity contribution is 6.30.